The van der Waals surface area contributed by atoms with Gasteiger partial charge < -0.3 is 14.2 Å². The third-order valence-electron chi connectivity index (χ3n) is 5.26. The van der Waals surface area contributed by atoms with Crippen LogP contribution in [0, 0.1) is 5.92 Å². The van der Waals surface area contributed by atoms with Gasteiger partial charge in [0.2, 0.25) is 0 Å². The van der Waals surface area contributed by atoms with Gasteiger partial charge in [-0.3, -0.25) is 9.58 Å². The van der Waals surface area contributed by atoms with Gasteiger partial charge in [0.15, 0.2) is 0 Å². The first-order valence-electron chi connectivity index (χ1n) is 9.16. The molecular formula is C18H31N3O3. The molecule has 0 saturated carbocycles. The van der Waals surface area contributed by atoms with Gasteiger partial charge >= 0.3 is 0 Å². The van der Waals surface area contributed by atoms with Gasteiger partial charge in [0.25, 0.3) is 0 Å². The Morgan fingerprint density at radius 2 is 2.08 bits per heavy atom. The predicted octanol–water partition coefficient (Wildman–Crippen LogP) is 1.50. The molecule has 3 rings (SSSR count). The van der Waals surface area contributed by atoms with Crippen molar-refractivity contribution in [2.75, 3.05) is 46.6 Å². The number of aryl methyl sites for hydroxylation is 1. The lowest BCUT2D eigenvalue weighted by Gasteiger charge is -2.32. The number of ether oxygens (including phenoxy) is 3. The molecule has 2 aliphatic rings. The highest BCUT2D eigenvalue weighted by molar-refractivity contribution is 5.08. The molecule has 0 aliphatic carbocycles. The normalized spacial score (nSPS) is 26.2. The Bertz CT molecular complexity index is 488. The number of aromatic nitrogens is 2. The van der Waals surface area contributed by atoms with Crippen LogP contribution in [0.5, 0.6) is 0 Å². The van der Waals surface area contributed by atoms with Crippen LogP contribution in [-0.4, -0.2) is 73.5 Å². The van der Waals surface area contributed by atoms with Gasteiger partial charge in [-0.25, -0.2) is 0 Å². The maximum absolute atomic E-state index is 6.14. The van der Waals surface area contributed by atoms with Crippen molar-refractivity contribution >= 4 is 0 Å². The van der Waals surface area contributed by atoms with Crippen LogP contribution < -0.4 is 0 Å². The Morgan fingerprint density at radius 3 is 2.79 bits per heavy atom. The Labute approximate surface area is 145 Å². The summed E-state index contributed by atoms with van der Waals surface area (Å²) in [6.45, 7) is 5.46. The standard InChI is InChI=1S/C18H31N3O3/c1-20-13-16(12-19-20)11-17-18(24-10-9-22-2)3-6-21(17)14-15-4-7-23-8-5-15/h12-13,15,17-18H,3-11,14H2,1-2H3/t17-,18-/m0/s1. The maximum atomic E-state index is 6.14. The van der Waals surface area contributed by atoms with Gasteiger partial charge in [-0.1, -0.05) is 0 Å². The fourth-order valence-electron chi connectivity index (χ4n) is 3.93. The van der Waals surface area contributed by atoms with E-state index in [1.807, 2.05) is 17.9 Å². The summed E-state index contributed by atoms with van der Waals surface area (Å²) in [5, 5.41) is 4.32. The number of rotatable bonds is 8. The fraction of sp³-hybridized carbons (Fsp3) is 0.833. The van der Waals surface area contributed by atoms with Crippen LogP contribution in [0.2, 0.25) is 0 Å². The topological polar surface area (TPSA) is 48.8 Å². The lowest BCUT2D eigenvalue weighted by atomic mass is 9.98. The van der Waals surface area contributed by atoms with Crippen LogP contribution in [0.25, 0.3) is 0 Å². The van der Waals surface area contributed by atoms with E-state index in [2.05, 4.69) is 16.2 Å². The molecular weight excluding hydrogens is 306 g/mol. The largest absolute Gasteiger partial charge is 0.382 e. The SMILES string of the molecule is COCCO[C@H]1CCN(CC2CCOCC2)[C@H]1Cc1cnn(C)c1. The molecule has 0 N–H and O–H groups in total. The van der Waals surface area contributed by atoms with Crippen molar-refractivity contribution in [3.8, 4) is 0 Å². The minimum Gasteiger partial charge on any atom is -0.382 e. The summed E-state index contributed by atoms with van der Waals surface area (Å²) in [5.41, 5.74) is 1.29. The van der Waals surface area contributed by atoms with Crippen LogP contribution >= 0.6 is 0 Å². The van der Waals surface area contributed by atoms with Crippen LogP contribution in [0.1, 0.15) is 24.8 Å². The van der Waals surface area contributed by atoms with E-state index in [4.69, 9.17) is 14.2 Å². The van der Waals surface area contributed by atoms with E-state index in [1.165, 1.54) is 24.9 Å². The number of likely N-dealkylation sites (tertiary alicyclic amines) is 1. The highest BCUT2D eigenvalue weighted by Gasteiger charge is 2.36. The van der Waals surface area contributed by atoms with Crippen molar-refractivity contribution in [3.63, 3.8) is 0 Å². The summed E-state index contributed by atoms with van der Waals surface area (Å²) in [5.74, 6) is 0.757. The molecule has 0 amide bonds. The second-order valence-corrected chi connectivity index (χ2v) is 7.04. The highest BCUT2D eigenvalue weighted by atomic mass is 16.5. The van der Waals surface area contributed by atoms with E-state index in [0.29, 0.717) is 25.4 Å². The number of nitrogens with zero attached hydrogens (tertiary/aromatic N) is 3. The van der Waals surface area contributed by atoms with Crippen LogP contribution in [0.4, 0.5) is 0 Å². The summed E-state index contributed by atoms with van der Waals surface area (Å²) >= 11 is 0. The molecule has 0 aromatic carbocycles. The molecule has 136 valence electrons. The van der Waals surface area contributed by atoms with Crippen molar-refractivity contribution in [2.24, 2.45) is 13.0 Å². The average molecular weight is 337 g/mol. The zero-order valence-electron chi connectivity index (χ0n) is 15.0. The van der Waals surface area contributed by atoms with Crippen molar-refractivity contribution in [2.45, 2.75) is 37.8 Å². The third-order valence-corrected chi connectivity index (χ3v) is 5.26. The highest BCUT2D eigenvalue weighted by Crippen LogP contribution is 2.27. The molecule has 2 saturated heterocycles. The third kappa shape index (κ3) is 4.79. The molecule has 3 heterocycles. The van der Waals surface area contributed by atoms with Gasteiger partial charge in [-0.2, -0.15) is 5.10 Å². The van der Waals surface area contributed by atoms with Crippen molar-refractivity contribution in [1.29, 1.82) is 0 Å². The van der Waals surface area contributed by atoms with Crippen LogP contribution in [0.3, 0.4) is 0 Å². The first-order chi connectivity index (χ1) is 11.8. The minimum atomic E-state index is 0.292. The fourth-order valence-corrected chi connectivity index (χ4v) is 3.93. The minimum absolute atomic E-state index is 0.292. The first-order valence-corrected chi connectivity index (χ1v) is 9.16. The number of methoxy groups -OCH3 is 1. The van der Waals surface area contributed by atoms with E-state index in [1.54, 1.807) is 7.11 Å². The predicted molar refractivity (Wildman–Crippen MR) is 92.0 cm³/mol. The molecule has 6 heteroatoms. The molecule has 0 bridgehead atoms. The van der Waals surface area contributed by atoms with Gasteiger partial charge in [0, 0.05) is 52.7 Å². The van der Waals surface area contributed by atoms with E-state index in [0.717, 1.165) is 38.5 Å². The molecule has 0 spiro atoms. The van der Waals surface area contributed by atoms with E-state index >= 15 is 0 Å². The van der Waals surface area contributed by atoms with Crippen molar-refractivity contribution in [3.05, 3.63) is 18.0 Å². The molecule has 0 radical (unpaired) electrons. The smallest absolute Gasteiger partial charge is 0.0746 e. The molecule has 6 nitrogen and oxygen atoms in total. The molecule has 1 aromatic heterocycles. The van der Waals surface area contributed by atoms with Gasteiger partial charge in [-0.05, 0) is 37.2 Å². The Kier molecular flexibility index (Phi) is 6.66. The van der Waals surface area contributed by atoms with Crippen molar-refractivity contribution in [1.82, 2.24) is 14.7 Å². The second kappa shape index (κ2) is 8.94. The average Bonchev–Trinajstić information content (AvgIpc) is 3.17. The Balaban J connectivity index is 1.61. The van der Waals surface area contributed by atoms with Crippen LogP contribution in [-0.2, 0) is 27.7 Å². The molecule has 2 fully saturated rings. The summed E-state index contributed by atoms with van der Waals surface area (Å²) < 4.78 is 18.7. The molecule has 1 aromatic rings. The number of hydrogen-bond donors (Lipinski definition) is 0. The summed E-state index contributed by atoms with van der Waals surface area (Å²) in [6, 6.07) is 0.439. The first kappa shape index (κ1) is 17.9. The molecule has 24 heavy (non-hydrogen) atoms. The molecule has 2 atom stereocenters. The van der Waals surface area contributed by atoms with Gasteiger partial charge in [-0.15, -0.1) is 0 Å². The lowest BCUT2D eigenvalue weighted by Crippen LogP contribution is -2.41. The van der Waals surface area contributed by atoms with E-state index in [9.17, 15) is 0 Å². The van der Waals surface area contributed by atoms with Gasteiger partial charge in [0.05, 0.1) is 25.5 Å². The van der Waals surface area contributed by atoms with E-state index < -0.39 is 0 Å². The summed E-state index contributed by atoms with van der Waals surface area (Å²) in [7, 11) is 3.70. The van der Waals surface area contributed by atoms with Gasteiger partial charge in [0.1, 0.15) is 0 Å². The quantitative estimate of drug-likeness (QED) is 0.673. The lowest BCUT2D eigenvalue weighted by molar-refractivity contribution is -0.00590. The molecule has 0 unspecified atom stereocenters. The Morgan fingerprint density at radius 1 is 1.25 bits per heavy atom. The zero-order chi connectivity index (χ0) is 16.8. The summed E-state index contributed by atoms with van der Waals surface area (Å²) in [6.07, 6.45) is 8.89. The monoisotopic (exact) mass is 337 g/mol. The second-order valence-electron chi connectivity index (χ2n) is 7.04. The van der Waals surface area contributed by atoms with Crippen LogP contribution in [0.15, 0.2) is 12.4 Å². The maximum Gasteiger partial charge on any atom is 0.0746 e. The van der Waals surface area contributed by atoms with Crippen molar-refractivity contribution < 1.29 is 14.2 Å². The Hall–Kier alpha value is -0.950. The summed E-state index contributed by atoms with van der Waals surface area (Å²) in [4.78, 5) is 2.64. The molecule has 2 aliphatic heterocycles. The zero-order valence-corrected chi connectivity index (χ0v) is 15.0. The number of hydrogen-bond acceptors (Lipinski definition) is 5. The van der Waals surface area contributed by atoms with E-state index in [-0.39, 0.29) is 0 Å².